The molecule has 7 nitrogen and oxygen atoms in total. The number of thioether (sulfide) groups is 1. The van der Waals surface area contributed by atoms with Gasteiger partial charge in [-0.2, -0.15) is 4.31 Å². The van der Waals surface area contributed by atoms with Crippen molar-refractivity contribution in [2.45, 2.75) is 10.1 Å². The molecule has 3 rings (SSSR count). The SMILES string of the molecule is COC(=O)[C@@H]1CN(S(=O)(=O)c2ccc3c(c2)OCCO3)CCS1. The van der Waals surface area contributed by atoms with Gasteiger partial charge in [0, 0.05) is 24.9 Å². The van der Waals surface area contributed by atoms with E-state index in [9.17, 15) is 13.2 Å². The largest absolute Gasteiger partial charge is 0.486 e. The van der Waals surface area contributed by atoms with Crippen LogP contribution < -0.4 is 9.47 Å². The molecule has 0 radical (unpaired) electrons. The summed E-state index contributed by atoms with van der Waals surface area (Å²) in [6.07, 6.45) is 0. The number of rotatable bonds is 3. The second kappa shape index (κ2) is 6.58. The van der Waals surface area contributed by atoms with Gasteiger partial charge in [-0.15, -0.1) is 11.8 Å². The summed E-state index contributed by atoms with van der Waals surface area (Å²) in [4.78, 5) is 11.8. The number of methoxy groups -OCH3 is 1. The van der Waals surface area contributed by atoms with Crippen LogP contribution in [0, 0.1) is 0 Å². The van der Waals surface area contributed by atoms with E-state index in [1.54, 1.807) is 6.07 Å². The van der Waals surface area contributed by atoms with Gasteiger partial charge in [-0.05, 0) is 12.1 Å². The Bertz CT molecular complexity index is 705. The van der Waals surface area contributed by atoms with E-state index in [1.807, 2.05) is 0 Å². The van der Waals surface area contributed by atoms with E-state index in [0.717, 1.165) is 0 Å². The molecule has 9 heteroatoms. The third-order valence-electron chi connectivity index (χ3n) is 3.64. The predicted octanol–water partition coefficient (Wildman–Crippen LogP) is 0.737. The van der Waals surface area contributed by atoms with Crippen molar-refractivity contribution >= 4 is 27.8 Å². The van der Waals surface area contributed by atoms with Crippen molar-refractivity contribution in [1.29, 1.82) is 0 Å². The van der Waals surface area contributed by atoms with Crippen LogP contribution in [0.4, 0.5) is 0 Å². The maximum Gasteiger partial charge on any atom is 0.320 e. The fourth-order valence-electron chi connectivity index (χ4n) is 2.45. The molecule has 0 bridgehead atoms. The molecule has 1 atom stereocenters. The first-order valence-corrected chi connectivity index (χ1v) is 9.60. The van der Waals surface area contributed by atoms with Gasteiger partial charge in [-0.1, -0.05) is 0 Å². The van der Waals surface area contributed by atoms with Crippen LogP contribution in [0.1, 0.15) is 0 Å². The van der Waals surface area contributed by atoms with Crippen LogP contribution in [-0.2, 0) is 19.6 Å². The van der Waals surface area contributed by atoms with Crippen molar-refractivity contribution in [2.24, 2.45) is 0 Å². The third-order valence-corrected chi connectivity index (χ3v) is 6.67. The first kappa shape index (κ1) is 16.4. The molecule has 1 aromatic carbocycles. The highest BCUT2D eigenvalue weighted by Gasteiger charge is 2.34. The third kappa shape index (κ3) is 3.26. The number of ether oxygens (including phenoxy) is 3. The molecule has 0 aromatic heterocycles. The molecule has 1 saturated heterocycles. The zero-order chi connectivity index (χ0) is 16.4. The average molecular weight is 359 g/mol. The molecule has 2 aliphatic heterocycles. The van der Waals surface area contributed by atoms with Crippen LogP contribution in [0.15, 0.2) is 23.1 Å². The van der Waals surface area contributed by atoms with Crippen LogP contribution in [0.25, 0.3) is 0 Å². The quantitative estimate of drug-likeness (QED) is 0.736. The molecule has 0 aliphatic carbocycles. The van der Waals surface area contributed by atoms with E-state index in [-0.39, 0.29) is 11.4 Å². The lowest BCUT2D eigenvalue weighted by Crippen LogP contribution is -2.44. The topological polar surface area (TPSA) is 82.1 Å². The number of carbonyl (C=O) groups is 1. The molecule has 0 amide bonds. The zero-order valence-electron chi connectivity index (χ0n) is 12.6. The van der Waals surface area contributed by atoms with E-state index in [0.29, 0.717) is 37.0 Å². The molecule has 1 aromatic rings. The molecule has 0 saturated carbocycles. The Labute approximate surface area is 138 Å². The Kier molecular flexibility index (Phi) is 4.69. The zero-order valence-corrected chi connectivity index (χ0v) is 14.2. The number of fused-ring (bicyclic) bond motifs is 1. The number of hydrogen-bond acceptors (Lipinski definition) is 7. The van der Waals surface area contributed by atoms with Gasteiger partial charge >= 0.3 is 5.97 Å². The maximum atomic E-state index is 12.8. The molecule has 126 valence electrons. The van der Waals surface area contributed by atoms with Crippen molar-refractivity contribution in [3.63, 3.8) is 0 Å². The molecule has 0 unspecified atom stereocenters. The summed E-state index contributed by atoms with van der Waals surface area (Å²) in [5.41, 5.74) is 0. The van der Waals surface area contributed by atoms with Crippen LogP contribution in [0.2, 0.25) is 0 Å². The molecule has 2 aliphatic rings. The van der Waals surface area contributed by atoms with Crippen LogP contribution in [-0.4, -0.2) is 63.1 Å². The monoisotopic (exact) mass is 359 g/mol. The smallest absolute Gasteiger partial charge is 0.320 e. The predicted molar refractivity (Wildman–Crippen MR) is 84.5 cm³/mol. The Balaban J connectivity index is 1.84. The minimum Gasteiger partial charge on any atom is -0.486 e. The normalized spacial score (nSPS) is 21.7. The van der Waals surface area contributed by atoms with E-state index >= 15 is 0 Å². The van der Waals surface area contributed by atoms with Gasteiger partial charge in [0.15, 0.2) is 11.5 Å². The van der Waals surface area contributed by atoms with Crippen molar-refractivity contribution in [3.05, 3.63) is 18.2 Å². The van der Waals surface area contributed by atoms with Gasteiger partial charge in [-0.25, -0.2) is 8.42 Å². The second-order valence-corrected chi connectivity index (χ2v) is 8.30. The Morgan fingerprint density at radius 1 is 1.30 bits per heavy atom. The number of benzene rings is 1. The first-order valence-electron chi connectivity index (χ1n) is 7.11. The number of carbonyl (C=O) groups excluding carboxylic acids is 1. The fraction of sp³-hybridized carbons (Fsp3) is 0.500. The van der Waals surface area contributed by atoms with Crippen molar-refractivity contribution < 1.29 is 27.4 Å². The molecule has 2 heterocycles. The van der Waals surface area contributed by atoms with Crippen molar-refractivity contribution in [2.75, 3.05) is 39.2 Å². The minimum absolute atomic E-state index is 0.105. The maximum absolute atomic E-state index is 12.8. The lowest BCUT2D eigenvalue weighted by molar-refractivity contribution is -0.140. The summed E-state index contributed by atoms with van der Waals surface area (Å²) in [5.74, 6) is 1.10. The van der Waals surface area contributed by atoms with Crippen molar-refractivity contribution in [3.8, 4) is 11.5 Å². The van der Waals surface area contributed by atoms with Gasteiger partial charge in [0.25, 0.3) is 0 Å². The summed E-state index contributed by atoms with van der Waals surface area (Å²) in [7, 11) is -2.39. The van der Waals surface area contributed by atoms with E-state index in [2.05, 4.69) is 0 Å². The first-order chi connectivity index (χ1) is 11.0. The summed E-state index contributed by atoms with van der Waals surface area (Å²) in [6, 6.07) is 4.56. The highest BCUT2D eigenvalue weighted by Crippen LogP contribution is 2.34. The molecule has 1 fully saturated rings. The van der Waals surface area contributed by atoms with Gasteiger partial charge in [-0.3, -0.25) is 4.79 Å². The summed E-state index contributed by atoms with van der Waals surface area (Å²) in [5, 5.41) is -0.499. The van der Waals surface area contributed by atoms with Gasteiger partial charge in [0.1, 0.15) is 18.5 Å². The van der Waals surface area contributed by atoms with Crippen LogP contribution in [0.3, 0.4) is 0 Å². The average Bonchev–Trinajstić information content (AvgIpc) is 2.60. The van der Waals surface area contributed by atoms with Gasteiger partial charge < -0.3 is 14.2 Å². The Hall–Kier alpha value is -1.45. The van der Waals surface area contributed by atoms with Crippen molar-refractivity contribution in [1.82, 2.24) is 4.31 Å². The number of esters is 1. The Morgan fingerprint density at radius 3 is 2.78 bits per heavy atom. The van der Waals surface area contributed by atoms with E-state index in [1.165, 1.54) is 35.3 Å². The highest BCUT2D eigenvalue weighted by atomic mass is 32.2. The fourth-order valence-corrected chi connectivity index (χ4v) is 5.26. The molecule has 23 heavy (non-hydrogen) atoms. The number of sulfonamides is 1. The molecule has 0 spiro atoms. The minimum atomic E-state index is -3.69. The number of hydrogen-bond donors (Lipinski definition) is 0. The summed E-state index contributed by atoms with van der Waals surface area (Å²) >= 11 is 1.41. The summed E-state index contributed by atoms with van der Waals surface area (Å²) in [6.45, 7) is 1.30. The van der Waals surface area contributed by atoms with E-state index < -0.39 is 21.2 Å². The second-order valence-electron chi connectivity index (χ2n) is 5.05. The Morgan fingerprint density at radius 2 is 2.04 bits per heavy atom. The van der Waals surface area contributed by atoms with Gasteiger partial charge in [0.2, 0.25) is 10.0 Å². The molecular formula is C14H17NO6S2. The highest BCUT2D eigenvalue weighted by molar-refractivity contribution is 8.00. The lowest BCUT2D eigenvalue weighted by atomic mass is 10.3. The van der Waals surface area contributed by atoms with Gasteiger partial charge in [0.05, 0.1) is 12.0 Å². The van der Waals surface area contributed by atoms with E-state index in [4.69, 9.17) is 14.2 Å². The lowest BCUT2D eigenvalue weighted by Gasteiger charge is -2.30. The van der Waals surface area contributed by atoms with Crippen LogP contribution in [0.5, 0.6) is 11.5 Å². The standard InChI is InChI=1S/C14H17NO6S2/c1-19-14(16)13-9-15(4-7-22-13)23(17,18)10-2-3-11-12(8-10)21-6-5-20-11/h2-3,8,13H,4-7,9H2,1H3/t13-/m0/s1. The molecule has 0 N–H and O–H groups in total. The summed E-state index contributed by atoms with van der Waals surface area (Å²) < 4.78 is 42.5. The number of nitrogens with zero attached hydrogens (tertiary/aromatic N) is 1. The van der Waals surface area contributed by atoms with Crippen LogP contribution >= 0.6 is 11.8 Å². The molecular weight excluding hydrogens is 342 g/mol.